The summed E-state index contributed by atoms with van der Waals surface area (Å²) in [5.41, 5.74) is 8.26. The Balaban J connectivity index is 1.68. The zero-order valence-corrected chi connectivity index (χ0v) is 18.4. The molecule has 1 fully saturated rings. The molecule has 4 aromatic rings. The van der Waals surface area contributed by atoms with Crippen LogP contribution < -0.4 is 16.6 Å². The molecule has 11 heteroatoms. The van der Waals surface area contributed by atoms with E-state index < -0.39 is 11.9 Å². The summed E-state index contributed by atoms with van der Waals surface area (Å²) in [5.74, 6) is -1.29. The molecule has 0 spiro atoms. The van der Waals surface area contributed by atoms with Gasteiger partial charge in [-0.25, -0.2) is 15.0 Å². The van der Waals surface area contributed by atoms with E-state index in [1.165, 1.54) is 13.3 Å². The standard InChI is InChI=1S/C23H23N7O4/c1-11(31)27-15-4-2-3-13-9-16(28-17(13)15)18-22(32)30(14-7-5-12(6-8-14)23(33)34)21-19(29-18)20(24)25-10-26-21/h2-4,9-10,12,14,28H,5-8H2,1H3,(H,27,31)(H,33,34)(H2,24,25,26). The van der Waals surface area contributed by atoms with Gasteiger partial charge in [-0.15, -0.1) is 0 Å². The number of nitrogens with one attached hydrogen (secondary N) is 2. The third kappa shape index (κ3) is 3.64. The number of rotatable bonds is 4. The van der Waals surface area contributed by atoms with Crippen molar-refractivity contribution in [3.8, 4) is 11.4 Å². The minimum absolute atomic E-state index is 0.147. The summed E-state index contributed by atoms with van der Waals surface area (Å²) >= 11 is 0. The summed E-state index contributed by atoms with van der Waals surface area (Å²) in [6, 6.07) is 7.00. The molecule has 3 heterocycles. The molecule has 1 aliphatic carbocycles. The van der Waals surface area contributed by atoms with Gasteiger partial charge in [-0.3, -0.25) is 19.0 Å². The maximum absolute atomic E-state index is 13.7. The van der Waals surface area contributed by atoms with Crippen molar-refractivity contribution < 1.29 is 14.7 Å². The number of carbonyl (C=O) groups excluding carboxylic acids is 1. The lowest BCUT2D eigenvalue weighted by molar-refractivity contribution is -0.143. The quantitative estimate of drug-likeness (QED) is 0.359. The van der Waals surface area contributed by atoms with E-state index in [-0.39, 0.29) is 29.0 Å². The van der Waals surface area contributed by atoms with E-state index in [1.807, 2.05) is 12.1 Å². The largest absolute Gasteiger partial charge is 0.481 e. The second-order valence-electron chi connectivity index (χ2n) is 8.54. The highest BCUT2D eigenvalue weighted by Gasteiger charge is 2.30. The van der Waals surface area contributed by atoms with Gasteiger partial charge in [0.15, 0.2) is 17.2 Å². The van der Waals surface area contributed by atoms with Crippen LogP contribution in [-0.4, -0.2) is 41.5 Å². The van der Waals surface area contributed by atoms with E-state index in [9.17, 15) is 19.5 Å². The predicted molar refractivity (Wildman–Crippen MR) is 126 cm³/mol. The summed E-state index contributed by atoms with van der Waals surface area (Å²) < 4.78 is 1.58. The Morgan fingerprint density at radius 2 is 1.97 bits per heavy atom. The Labute approximate surface area is 193 Å². The highest BCUT2D eigenvalue weighted by molar-refractivity contribution is 6.01. The van der Waals surface area contributed by atoms with Crippen molar-refractivity contribution in [1.82, 2.24) is 24.5 Å². The number of nitrogens with two attached hydrogens (primary N) is 1. The Kier molecular flexibility index (Phi) is 5.23. The van der Waals surface area contributed by atoms with E-state index in [0.717, 1.165) is 5.39 Å². The number of hydrogen-bond donors (Lipinski definition) is 4. The van der Waals surface area contributed by atoms with Crippen LogP contribution in [0.1, 0.15) is 38.6 Å². The maximum atomic E-state index is 13.7. The average molecular weight is 461 g/mol. The van der Waals surface area contributed by atoms with Gasteiger partial charge < -0.3 is 21.1 Å². The monoisotopic (exact) mass is 461 g/mol. The number of nitrogen functional groups attached to an aromatic ring is 1. The first kappa shape index (κ1) is 21.6. The number of H-pyrrole nitrogens is 1. The number of amides is 1. The van der Waals surface area contributed by atoms with Crippen molar-refractivity contribution in [1.29, 1.82) is 0 Å². The second-order valence-corrected chi connectivity index (χ2v) is 8.54. The molecule has 1 aromatic carbocycles. The number of carbonyl (C=O) groups is 2. The zero-order valence-electron chi connectivity index (χ0n) is 18.4. The number of aromatic amines is 1. The van der Waals surface area contributed by atoms with Gasteiger partial charge in [0.05, 0.1) is 22.8 Å². The first-order chi connectivity index (χ1) is 16.3. The number of carboxylic acids is 1. The number of aliphatic carboxylic acids is 1. The molecule has 11 nitrogen and oxygen atoms in total. The molecule has 3 aromatic heterocycles. The molecule has 0 saturated heterocycles. The average Bonchev–Trinajstić information content (AvgIpc) is 3.24. The SMILES string of the molecule is CC(=O)Nc1cccc2cc(-c3nc4c(N)ncnc4n(C4CCC(C(=O)O)CC4)c3=O)[nH]c12. The topological polar surface area (TPSA) is 169 Å². The van der Waals surface area contributed by atoms with Crippen molar-refractivity contribution in [3.63, 3.8) is 0 Å². The van der Waals surface area contributed by atoms with Crippen molar-refractivity contribution in [2.75, 3.05) is 11.1 Å². The van der Waals surface area contributed by atoms with Crippen molar-refractivity contribution in [2.24, 2.45) is 5.92 Å². The predicted octanol–water partition coefficient (Wildman–Crippen LogP) is 2.69. The Bertz CT molecular complexity index is 1500. The van der Waals surface area contributed by atoms with E-state index in [2.05, 4.69) is 25.3 Å². The third-order valence-electron chi connectivity index (χ3n) is 6.34. The van der Waals surface area contributed by atoms with Crippen LogP contribution >= 0.6 is 0 Å². The lowest BCUT2D eigenvalue weighted by Gasteiger charge is -2.28. The molecular formula is C23H23N7O4. The Morgan fingerprint density at radius 1 is 1.21 bits per heavy atom. The van der Waals surface area contributed by atoms with Crippen LogP contribution in [0, 0.1) is 5.92 Å². The Hall–Kier alpha value is -4.28. The molecule has 1 saturated carbocycles. The summed E-state index contributed by atoms with van der Waals surface area (Å²) in [6.07, 6.45) is 3.29. The highest BCUT2D eigenvalue weighted by Crippen LogP contribution is 2.34. The van der Waals surface area contributed by atoms with E-state index in [4.69, 9.17) is 5.73 Å². The molecule has 0 bridgehead atoms. The first-order valence-corrected chi connectivity index (χ1v) is 11.0. The number of nitrogens with zero attached hydrogens (tertiary/aromatic N) is 4. The summed E-state index contributed by atoms with van der Waals surface area (Å²) in [4.78, 5) is 52.8. The lowest BCUT2D eigenvalue weighted by Crippen LogP contribution is -2.32. The zero-order chi connectivity index (χ0) is 24.0. The number of fused-ring (bicyclic) bond motifs is 2. The smallest absolute Gasteiger partial charge is 0.306 e. The first-order valence-electron chi connectivity index (χ1n) is 11.0. The third-order valence-corrected chi connectivity index (χ3v) is 6.34. The van der Waals surface area contributed by atoms with Crippen molar-refractivity contribution >= 4 is 45.4 Å². The van der Waals surface area contributed by atoms with Gasteiger partial charge in [0.2, 0.25) is 5.91 Å². The van der Waals surface area contributed by atoms with Gasteiger partial charge in [-0.1, -0.05) is 12.1 Å². The van der Waals surface area contributed by atoms with E-state index in [1.54, 1.807) is 16.7 Å². The van der Waals surface area contributed by atoms with Gasteiger partial charge in [0.1, 0.15) is 11.8 Å². The van der Waals surface area contributed by atoms with Crippen LogP contribution in [0.4, 0.5) is 11.5 Å². The van der Waals surface area contributed by atoms with Crippen LogP contribution in [0.15, 0.2) is 35.4 Å². The minimum atomic E-state index is -0.814. The molecule has 0 aliphatic heterocycles. The molecule has 0 radical (unpaired) electrons. The van der Waals surface area contributed by atoms with Crippen molar-refractivity contribution in [2.45, 2.75) is 38.6 Å². The number of benzene rings is 1. The molecule has 174 valence electrons. The molecule has 5 rings (SSSR count). The van der Waals surface area contributed by atoms with Crippen molar-refractivity contribution in [3.05, 3.63) is 40.9 Å². The van der Waals surface area contributed by atoms with Crippen LogP contribution in [0.2, 0.25) is 0 Å². The summed E-state index contributed by atoms with van der Waals surface area (Å²) in [6.45, 7) is 1.42. The van der Waals surface area contributed by atoms with E-state index >= 15 is 0 Å². The molecule has 34 heavy (non-hydrogen) atoms. The summed E-state index contributed by atoms with van der Waals surface area (Å²) in [7, 11) is 0. The molecular weight excluding hydrogens is 438 g/mol. The number of carboxylic acid groups (broad SMARTS) is 1. The minimum Gasteiger partial charge on any atom is -0.481 e. The number of para-hydroxylation sites is 1. The highest BCUT2D eigenvalue weighted by atomic mass is 16.4. The molecule has 0 unspecified atom stereocenters. The second kappa shape index (κ2) is 8.25. The fraction of sp³-hybridized carbons (Fsp3) is 0.304. The molecule has 1 aliphatic rings. The van der Waals surface area contributed by atoms with Crippen LogP contribution in [0.25, 0.3) is 33.5 Å². The van der Waals surface area contributed by atoms with Crippen LogP contribution in [0.5, 0.6) is 0 Å². The van der Waals surface area contributed by atoms with Gasteiger partial charge in [0.25, 0.3) is 5.56 Å². The maximum Gasteiger partial charge on any atom is 0.306 e. The van der Waals surface area contributed by atoms with Gasteiger partial charge >= 0.3 is 5.97 Å². The molecule has 5 N–H and O–H groups in total. The van der Waals surface area contributed by atoms with Crippen LogP contribution in [0.3, 0.4) is 0 Å². The normalized spacial score (nSPS) is 18.3. The van der Waals surface area contributed by atoms with E-state index in [0.29, 0.717) is 53.7 Å². The van der Waals surface area contributed by atoms with Crippen LogP contribution in [-0.2, 0) is 9.59 Å². The fourth-order valence-electron chi connectivity index (χ4n) is 4.71. The number of anilines is 2. The molecule has 1 amide bonds. The molecule has 0 atom stereocenters. The summed E-state index contributed by atoms with van der Waals surface area (Å²) in [5, 5.41) is 12.9. The van der Waals surface area contributed by atoms with Gasteiger partial charge in [-0.2, -0.15) is 0 Å². The number of aromatic nitrogens is 5. The van der Waals surface area contributed by atoms with Gasteiger partial charge in [-0.05, 0) is 37.8 Å². The lowest BCUT2D eigenvalue weighted by atomic mass is 9.86. The van der Waals surface area contributed by atoms with Gasteiger partial charge in [0, 0.05) is 18.4 Å². The fourth-order valence-corrected chi connectivity index (χ4v) is 4.71. The number of hydrogen-bond acceptors (Lipinski definition) is 7. The Morgan fingerprint density at radius 3 is 2.68 bits per heavy atom.